The summed E-state index contributed by atoms with van der Waals surface area (Å²) in [5, 5.41) is 22.3. The summed E-state index contributed by atoms with van der Waals surface area (Å²) >= 11 is 0. The van der Waals surface area contributed by atoms with Gasteiger partial charge in [0.15, 0.2) is 5.82 Å². The van der Waals surface area contributed by atoms with Gasteiger partial charge in [-0.05, 0) is 71.5 Å². The highest BCUT2D eigenvalue weighted by Gasteiger charge is 2.55. The largest absolute Gasteiger partial charge is 0.465 e. The number of fused-ring (bicyclic) bond motifs is 5. The molecular formula is C44H38F2N6O5. The SMILES string of the molecule is Cc1nc2c(F)c(-c3cccc4ccc(F)cc34)c(CCC#N)cc2c2c1cc(CN1CCN(C(=O)OCc3ccccc3)CC1=O)n2[C@H]1[C@@H]2C[C@H]1N(C(=O)O)C2. The molecule has 4 aliphatic rings. The van der Waals surface area contributed by atoms with Crippen LogP contribution in [0.15, 0.2) is 78.9 Å². The monoisotopic (exact) mass is 768 g/mol. The predicted molar refractivity (Wildman–Crippen MR) is 208 cm³/mol. The molecule has 1 saturated carbocycles. The van der Waals surface area contributed by atoms with Gasteiger partial charge in [0, 0.05) is 59.7 Å². The van der Waals surface area contributed by atoms with Crippen LogP contribution in [0.1, 0.15) is 41.4 Å². The van der Waals surface area contributed by atoms with Crippen molar-refractivity contribution in [3.05, 3.63) is 113 Å². The second-order valence-corrected chi connectivity index (χ2v) is 15.2. The van der Waals surface area contributed by atoms with E-state index < -0.39 is 23.8 Å². The van der Waals surface area contributed by atoms with Crippen LogP contribution in [0.4, 0.5) is 18.4 Å². The Balaban J connectivity index is 1.14. The standard InChI is InChI=1S/C44H38F2N6O5/c1-25-33-20-31(22-49-15-16-50(23-37(49)53)44(56)57-24-26-7-3-2-4-8-26)52(41-29-18-36(41)51(21-29)43(54)55)42(33)35-17-28(10-6-14-47)38(39(46)40(35)48-25)32-11-5-9-27-12-13-30(45)19-34(27)32/h2-5,7-9,11-13,17,19-20,29,36,41H,6,10,15-16,18,21-24H2,1H3,(H,54,55)/t29-,36-,41+/m1/s1. The number of hydrogen-bond acceptors (Lipinski definition) is 6. The Morgan fingerprint density at radius 3 is 2.58 bits per heavy atom. The van der Waals surface area contributed by atoms with E-state index in [4.69, 9.17) is 9.72 Å². The topological polar surface area (TPSA) is 132 Å². The Hall–Kier alpha value is -6.55. The smallest absolute Gasteiger partial charge is 0.410 e. The number of amides is 3. The molecule has 2 aromatic heterocycles. The number of halogens is 2. The van der Waals surface area contributed by atoms with E-state index in [2.05, 4.69) is 10.6 Å². The highest BCUT2D eigenvalue weighted by Crippen LogP contribution is 2.52. The maximum absolute atomic E-state index is 17.4. The Kier molecular flexibility index (Phi) is 8.99. The van der Waals surface area contributed by atoms with Crippen LogP contribution in [-0.2, 0) is 29.1 Å². The molecule has 3 atom stereocenters. The summed E-state index contributed by atoms with van der Waals surface area (Å²) in [6.45, 7) is 2.78. The molecule has 0 radical (unpaired) electrons. The molecule has 3 amide bonds. The first-order valence-corrected chi connectivity index (χ1v) is 19.0. The first kappa shape index (κ1) is 36.1. The number of aromatic nitrogens is 2. The first-order chi connectivity index (χ1) is 27.6. The van der Waals surface area contributed by atoms with E-state index in [0.717, 1.165) is 22.0 Å². The molecule has 6 aromatic rings. The van der Waals surface area contributed by atoms with Crippen LogP contribution in [0.5, 0.6) is 0 Å². The molecule has 0 unspecified atom stereocenters. The molecule has 1 aliphatic carbocycles. The van der Waals surface area contributed by atoms with Crippen LogP contribution in [0.3, 0.4) is 0 Å². The molecule has 10 rings (SSSR count). The summed E-state index contributed by atoms with van der Waals surface area (Å²) in [6, 6.07) is 24.5. The number of rotatable bonds is 8. The number of carbonyl (C=O) groups is 3. The van der Waals surface area contributed by atoms with E-state index >= 15 is 4.39 Å². The van der Waals surface area contributed by atoms with Gasteiger partial charge in [0.05, 0.1) is 30.2 Å². The molecule has 2 bridgehead atoms. The highest BCUT2D eigenvalue weighted by molar-refractivity contribution is 6.09. The molecule has 4 aromatic carbocycles. The number of pyridine rings is 1. The van der Waals surface area contributed by atoms with Gasteiger partial charge in [0.2, 0.25) is 5.91 Å². The second-order valence-electron chi connectivity index (χ2n) is 15.2. The first-order valence-electron chi connectivity index (χ1n) is 19.0. The van der Waals surface area contributed by atoms with Gasteiger partial charge in [-0.15, -0.1) is 0 Å². The van der Waals surface area contributed by atoms with E-state index in [0.29, 0.717) is 46.1 Å². The molecule has 57 heavy (non-hydrogen) atoms. The molecule has 0 spiro atoms. The Morgan fingerprint density at radius 2 is 1.82 bits per heavy atom. The van der Waals surface area contributed by atoms with Crippen molar-refractivity contribution in [1.29, 1.82) is 5.26 Å². The van der Waals surface area contributed by atoms with Crippen molar-refractivity contribution in [2.75, 3.05) is 26.2 Å². The third-order valence-electron chi connectivity index (χ3n) is 11.9. The van der Waals surface area contributed by atoms with Gasteiger partial charge >= 0.3 is 12.2 Å². The van der Waals surface area contributed by atoms with Gasteiger partial charge in [-0.2, -0.15) is 5.26 Å². The lowest BCUT2D eigenvalue weighted by molar-refractivity contribution is -0.136. The van der Waals surface area contributed by atoms with Crippen LogP contribution < -0.4 is 0 Å². The zero-order chi connectivity index (χ0) is 39.5. The van der Waals surface area contributed by atoms with E-state index in [9.17, 15) is 29.1 Å². The van der Waals surface area contributed by atoms with E-state index in [-0.39, 0.29) is 80.6 Å². The Bertz CT molecular complexity index is 2680. The van der Waals surface area contributed by atoms with Crippen molar-refractivity contribution < 1.29 is 33.0 Å². The van der Waals surface area contributed by atoms with Crippen LogP contribution in [0.25, 0.3) is 43.7 Å². The number of nitrogens with zero attached hydrogens (tertiary/aromatic N) is 6. The number of carboxylic acid groups (broad SMARTS) is 1. The van der Waals surface area contributed by atoms with Crippen molar-refractivity contribution >= 4 is 50.7 Å². The molecule has 1 N–H and O–H groups in total. The lowest BCUT2D eigenvalue weighted by atomic mass is 9.79. The van der Waals surface area contributed by atoms with Gasteiger partial charge in [0.1, 0.15) is 24.5 Å². The number of aryl methyl sites for hydroxylation is 2. The molecule has 3 aliphatic heterocycles. The third kappa shape index (κ3) is 6.16. The summed E-state index contributed by atoms with van der Waals surface area (Å²) in [5.41, 5.74) is 4.23. The van der Waals surface area contributed by atoms with Crippen LogP contribution in [0, 0.1) is 35.8 Å². The minimum absolute atomic E-state index is 0.00339. The Labute approximate surface area is 326 Å². The summed E-state index contributed by atoms with van der Waals surface area (Å²) in [5.74, 6) is -1.31. The summed E-state index contributed by atoms with van der Waals surface area (Å²) in [7, 11) is 0. The average molecular weight is 769 g/mol. The van der Waals surface area contributed by atoms with Gasteiger partial charge in [0.25, 0.3) is 0 Å². The molecule has 4 fully saturated rings. The van der Waals surface area contributed by atoms with Crippen molar-refractivity contribution in [3.8, 4) is 17.2 Å². The number of piperazine rings is 1. The lowest BCUT2D eigenvalue weighted by Crippen LogP contribution is -2.52. The van der Waals surface area contributed by atoms with Gasteiger partial charge < -0.3 is 24.2 Å². The fourth-order valence-corrected chi connectivity index (χ4v) is 9.17. The number of hydrogen-bond donors (Lipinski definition) is 1. The number of carbonyl (C=O) groups excluding carboxylic acids is 2. The van der Waals surface area contributed by atoms with E-state index in [1.807, 2.05) is 48.5 Å². The predicted octanol–water partition coefficient (Wildman–Crippen LogP) is 7.96. The fourth-order valence-electron chi connectivity index (χ4n) is 9.17. The van der Waals surface area contributed by atoms with Crippen LogP contribution in [-0.4, -0.2) is 79.7 Å². The average Bonchev–Trinajstić information content (AvgIpc) is 3.92. The molecule has 288 valence electrons. The minimum atomic E-state index is -1.00. The van der Waals surface area contributed by atoms with Crippen LogP contribution in [0.2, 0.25) is 0 Å². The quantitative estimate of drug-likeness (QED) is 0.166. The van der Waals surface area contributed by atoms with Crippen LogP contribution >= 0.6 is 0 Å². The summed E-state index contributed by atoms with van der Waals surface area (Å²) in [4.78, 5) is 48.3. The highest BCUT2D eigenvalue weighted by atomic mass is 19.1. The second kappa shape index (κ2) is 14.2. The number of benzene rings is 4. The number of nitriles is 1. The van der Waals surface area contributed by atoms with Crippen molar-refractivity contribution in [1.82, 2.24) is 24.3 Å². The molecule has 5 heterocycles. The lowest BCUT2D eigenvalue weighted by Gasteiger charge is -2.40. The normalized spacial score (nSPS) is 19.0. The number of ether oxygens (including phenoxy) is 1. The van der Waals surface area contributed by atoms with Crippen molar-refractivity contribution in [2.24, 2.45) is 5.92 Å². The fraction of sp³-hybridized carbons (Fsp3) is 0.295. The maximum atomic E-state index is 17.4. The zero-order valence-electron chi connectivity index (χ0n) is 31.1. The summed E-state index contributed by atoms with van der Waals surface area (Å²) in [6.07, 6.45) is -0.556. The van der Waals surface area contributed by atoms with Gasteiger partial charge in [-0.25, -0.2) is 23.4 Å². The molecule has 11 nitrogen and oxygen atoms in total. The van der Waals surface area contributed by atoms with E-state index in [1.165, 1.54) is 21.9 Å². The van der Waals surface area contributed by atoms with E-state index in [1.54, 1.807) is 30.0 Å². The third-order valence-corrected chi connectivity index (χ3v) is 11.9. The van der Waals surface area contributed by atoms with Gasteiger partial charge in [-0.3, -0.25) is 9.69 Å². The molecule has 3 saturated heterocycles. The molecule has 13 heteroatoms. The zero-order valence-corrected chi connectivity index (χ0v) is 31.1. The van der Waals surface area contributed by atoms with Crippen molar-refractivity contribution in [3.63, 3.8) is 0 Å². The van der Waals surface area contributed by atoms with Crippen molar-refractivity contribution in [2.45, 2.75) is 51.4 Å². The minimum Gasteiger partial charge on any atom is -0.465 e. The summed E-state index contributed by atoms with van der Waals surface area (Å²) < 4.78 is 39.6. The Morgan fingerprint density at radius 1 is 1.00 bits per heavy atom. The maximum Gasteiger partial charge on any atom is 0.410 e. The molecular weight excluding hydrogens is 731 g/mol. The van der Waals surface area contributed by atoms with Gasteiger partial charge in [-0.1, -0.05) is 54.6 Å².